The molecule has 1 fully saturated rings. The summed E-state index contributed by atoms with van der Waals surface area (Å²) in [4.78, 5) is 4.31. The van der Waals surface area contributed by atoms with Crippen LogP contribution in [0.4, 0.5) is 0 Å². The number of nitrogens with one attached hydrogen (secondary N) is 1. The van der Waals surface area contributed by atoms with Gasteiger partial charge in [0.15, 0.2) is 0 Å². The van der Waals surface area contributed by atoms with Crippen molar-refractivity contribution in [2.75, 3.05) is 12.8 Å². The van der Waals surface area contributed by atoms with Gasteiger partial charge in [-0.05, 0) is 37.9 Å². The third-order valence-electron chi connectivity index (χ3n) is 3.45. The summed E-state index contributed by atoms with van der Waals surface area (Å²) < 4.78 is 0. The summed E-state index contributed by atoms with van der Waals surface area (Å²) in [6, 6.07) is 4.51. The van der Waals surface area contributed by atoms with Crippen molar-refractivity contribution in [2.45, 2.75) is 36.8 Å². The average molecular weight is 271 g/mol. The minimum atomic E-state index is 0.611. The van der Waals surface area contributed by atoms with E-state index in [1.54, 1.807) is 6.20 Å². The fourth-order valence-electron chi connectivity index (χ4n) is 2.44. The molecule has 0 bridgehead atoms. The van der Waals surface area contributed by atoms with Crippen molar-refractivity contribution >= 4 is 23.4 Å². The molecule has 0 amide bonds. The summed E-state index contributed by atoms with van der Waals surface area (Å²) in [6.45, 7) is 0. The van der Waals surface area contributed by atoms with Gasteiger partial charge in [0, 0.05) is 18.0 Å². The zero-order valence-corrected chi connectivity index (χ0v) is 11.7. The number of aromatic nitrogens is 1. The van der Waals surface area contributed by atoms with E-state index in [2.05, 4.69) is 17.3 Å². The van der Waals surface area contributed by atoms with E-state index < -0.39 is 0 Å². The Labute approximate surface area is 113 Å². The van der Waals surface area contributed by atoms with Gasteiger partial charge in [0.05, 0.1) is 10.0 Å². The standard InChI is InChI=1S/C13H19ClN2S/c1-15-12(10-4-2-3-5-10)9-17-13-7-6-11(14)8-16-13/h6-8,10,12,15H,2-5,9H2,1H3. The molecule has 0 spiro atoms. The number of hydrogen-bond donors (Lipinski definition) is 1. The van der Waals surface area contributed by atoms with Gasteiger partial charge in [-0.2, -0.15) is 0 Å². The summed E-state index contributed by atoms with van der Waals surface area (Å²) in [5, 5.41) is 5.22. The van der Waals surface area contributed by atoms with Gasteiger partial charge in [-0.3, -0.25) is 0 Å². The van der Waals surface area contributed by atoms with Gasteiger partial charge < -0.3 is 5.32 Å². The quantitative estimate of drug-likeness (QED) is 0.828. The highest BCUT2D eigenvalue weighted by Crippen LogP contribution is 2.30. The van der Waals surface area contributed by atoms with Crippen molar-refractivity contribution < 1.29 is 0 Å². The molecule has 17 heavy (non-hydrogen) atoms. The Balaban J connectivity index is 1.84. The molecule has 1 N–H and O–H groups in total. The first-order chi connectivity index (χ1) is 8.29. The highest BCUT2D eigenvalue weighted by Gasteiger charge is 2.23. The second kappa shape index (κ2) is 6.62. The van der Waals surface area contributed by atoms with Crippen LogP contribution in [0.1, 0.15) is 25.7 Å². The Morgan fingerprint density at radius 1 is 1.47 bits per heavy atom. The molecule has 1 aromatic rings. The van der Waals surface area contributed by atoms with Gasteiger partial charge in [0.25, 0.3) is 0 Å². The predicted molar refractivity (Wildman–Crippen MR) is 74.8 cm³/mol. The molecule has 1 heterocycles. The van der Waals surface area contributed by atoms with E-state index >= 15 is 0 Å². The molecule has 1 aliphatic rings. The summed E-state index contributed by atoms with van der Waals surface area (Å²) in [7, 11) is 2.07. The number of pyridine rings is 1. The second-order valence-electron chi connectivity index (χ2n) is 4.57. The minimum Gasteiger partial charge on any atom is -0.316 e. The number of hydrogen-bond acceptors (Lipinski definition) is 3. The van der Waals surface area contributed by atoms with Crippen LogP contribution in [0.25, 0.3) is 0 Å². The van der Waals surface area contributed by atoms with E-state index in [-0.39, 0.29) is 0 Å². The molecule has 1 aliphatic carbocycles. The zero-order chi connectivity index (χ0) is 12.1. The summed E-state index contributed by atoms with van der Waals surface area (Å²) in [5.74, 6) is 1.94. The fourth-order valence-corrected chi connectivity index (χ4v) is 3.63. The highest BCUT2D eigenvalue weighted by atomic mass is 35.5. The van der Waals surface area contributed by atoms with Crippen LogP contribution in [0.5, 0.6) is 0 Å². The molecule has 94 valence electrons. The molecule has 1 atom stereocenters. The SMILES string of the molecule is CNC(CSc1ccc(Cl)cn1)C1CCCC1. The van der Waals surface area contributed by atoms with Crippen LogP contribution in [0, 0.1) is 5.92 Å². The Morgan fingerprint density at radius 2 is 2.24 bits per heavy atom. The Morgan fingerprint density at radius 3 is 2.82 bits per heavy atom. The smallest absolute Gasteiger partial charge is 0.0961 e. The van der Waals surface area contributed by atoms with E-state index in [4.69, 9.17) is 11.6 Å². The van der Waals surface area contributed by atoms with Crippen molar-refractivity contribution in [2.24, 2.45) is 5.92 Å². The maximum Gasteiger partial charge on any atom is 0.0961 e. The van der Waals surface area contributed by atoms with Gasteiger partial charge in [0.1, 0.15) is 0 Å². The highest BCUT2D eigenvalue weighted by molar-refractivity contribution is 7.99. The molecule has 0 aliphatic heterocycles. The summed E-state index contributed by atoms with van der Waals surface area (Å²) >= 11 is 7.64. The first-order valence-electron chi connectivity index (χ1n) is 6.21. The molecule has 0 saturated heterocycles. The monoisotopic (exact) mass is 270 g/mol. The van der Waals surface area contributed by atoms with Crippen LogP contribution in [-0.2, 0) is 0 Å². The van der Waals surface area contributed by atoms with Crippen LogP contribution in [-0.4, -0.2) is 23.8 Å². The third-order valence-corrected chi connectivity index (χ3v) is 4.74. The largest absolute Gasteiger partial charge is 0.316 e. The van der Waals surface area contributed by atoms with E-state index in [1.807, 2.05) is 23.9 Å². The van der Waals surface area contributed by atoms with Gasteiger partial charge >= 0.3 is 0 Å². The van der Waals surface area contributed by atoms with Crippen LogP contribution in [0.3, 0.4) is 0 Å². The van der Waals surface area contributed by atoms with Gasteiger partial charge in [-0.25, -0.2) is 4.98 Å². The maximum atomic E-state index is 5.82. The molecule has 0 aromatic carbocycles. The Hall–Kier alpha value is -0.250. The third kappa shape index (κ3) is 3.87. The minimum absolute atomic E-state index is 0.611. The number of nitrogens with zero attached hydrogens (tertiary/aromatic N) is 1. The second-order valence-corrected chi connectivity index (χ2v) is 6.04. The maximum absolute atomic E-state index is 5.82. The van der Waals surface area contributed by atoms with Gasteiger partial charge in [-0.1, -0.05) is 24.4 Å². The molecule has 4 heteroatoms. The predicted octanol–water partition coefficient (Wildman–Crippen LogP) is 3.61. The van der Waals surface area contributed by atoms with Crippen LogP contribution in [0.2, 0.25) is 5.02 Å². The lowest BCUT2D eigenvalue weighted by atomic mass is 10.0. The Kier molecular flexibility index (Phi) is 5.14. The van der Waals surface area contributed by atoms with Crippen LogP contribution < -0.4 is 5.32 Å². The fraction of sp³-hybridized carbons (Fsp3) is 0.615. The molecular weight excluding hydrogens is 252 g/mol. The summed E-state index contributed by atoms with van der Waals surface area (Å²) in [5.41, 5.74) is 0. The normalized spacial score (nSPS) is 18.5. The first kappa shape index (κ1) is 13.2. The first-order valence-corrected chi connectivity index (χ1v) is 7.57. The molecule has 2 rings (SSSR count). The van der Waals surface area contributed by atoms with E-state index in [9.17, 15) is 0 Å². The molecule has 2 nitrogen and oxygen atoms in total. The zero-order valence-electron chi connectivity index (χ0n) is 10.2. The lowest BCUT2D eigenvalue weighted by Crippen LogP contribution is -2.34. The molecule has 1 saturated carbocycles. The van der Waals surface area contributed by atoms with Crippen LogP contribution >= 0.6 is 23.4 Å². The van der Waals surface area contributed by atoms with Gasteiger partial charge in [-0.15, -0.1) is 11.8 Å². The lowest BCUT2D eigenvalue weighted by Gasteiger charge is -2.22. The number of thioether (sulfide) groups is 1. The van der Waals surface area contributed by atoms with E-state index in [0.717, 1.165) is 16.7 Å². The van der Waals surface area contributed by atoms with Crippen molar-refractivity contribution in [3.63, 3.8) is 0 Å². The van der Waals surface area contributed by atoms with Crippen LogP contribution in [0.15, 0.2) is 23.4 Å². The van der Waals surface area contributed by atoms with Crippen molar-refractivity contribution in [3.05, 3.63) is 23.4 Å². The number of rotatable bonds is 5. The van der Waals surface area contributed by atoms with E-state index in [1.165, 1.54) is 25.7 Å². The average Bonchev–Trinajstić information content (AvgIpc) is 2.86. The molecule has 1 unspecified atom stereocenters. The molecule has 0 radical (unpaired) electrons. The molecular formula is C13H19ClN2S. The van der Waals surface area contributed by atoms with E-state index in [0.29, 0.717) is 11.1 Å². The lowest BCUT2D eigenvalue weighted by molar-refractivity contribution is 0.410. The van der Waals surface area contributed by atoms with Crippen molar-refractivity contribution in [1.29, 1.82) is 0 Å². The summed E-state index contributed by atoms with van der Waals surface area (Å²) in [6.07, 6.45) is 7.26. The van der Waals surface area contributed by atoms with Gasteiger partial charge in [0.2, 0.25) is 0 Å². The van der Waals surface area contributed by atoms with Crippen molar-refractivity contribution in [1.82, 2.24) is 10.3 Å². The van der Waals surface area contributed by atoms with Crippen molar-refractivity contribution in [3.8, 4) is 0 Å². The Bertz CT molecular complexity index is 336. The topological polar surface area (TPSA) is 24.9 Å². The molecule has 1 aromatic heterocycles. The number of halogens is 1.